The lowest BCUT2D eigenvalue weighted by Crippen LogP contribution is -2.50. The van der Waals surface area contributed by atoms with Crippen LogP contribution in [0.15, 0.2) is 65.8 Å². The number of hydrogen-bond donors (Lipinski definition) is 0. The van der Waals surface area contributed by atoms with Gasteiger partial charge in [-0.3, -0.25) is 4.40 Å². The zero-order chi connectivity index (χ0) is 30.8. The number of piperidine rings is 1. The van der Waals surface area contributed by atoms with Gasteiger partial charge in [0.15, 0.2) is 18.3 Å². The van der Waals surface area contributed by atoms with Gasteiger partial charge >= 0.3 is 6.09 Å². The minimum Gasteiger partial charge on any atom is -0.491 e. The third-order valence-corrected chi connectivity index (χ3v) is 7.22. The summed E-state index contributed by atoms with van der Waals surface area (Å²) in [5.74, 6) is 1.65. The first-order chi connectivity index (χ1) is 21.2. The molecular formula is C32H34FN5O6. The summed E-state index contributed by atoms with van der Waals surface area (Å²) in [6.45, 7) is 6.45. The van der Waals surface area contributed by atoms with Crippen LogP contribution in [0.25, 0.3) is 39.3 Å². The van der Waals surface area contributed by atoms with Crippen molar-refractivity contribution in [3.05, 3.63) is 61.4 Å². The molecule has 0 spiro atoms. The van der Waals surface area contributed by atoms with Gasteiger partial charge in [0, 0.05) is 43.3 Å². The highest BCUT2D eigenvalue weighted by atomic mass is 19.1. The summed E-state index contributed by atoms with van der Waals surface area (Å²) in [6, 6.07) is 11.1. The average molecular weight is 604 g/mol. The molecule has 1 aliphatic rings. The molecule has 1 aromatic carbocycles. The number of methoxy groups -OCH3 is 1. The van der Waals surface area contributed by atoms with Gasteiger partial charge in [-0.2, -0.15) is 0 Å². The minimum atomic E-state index is -1.41. The molecule has 1 saturated heterocycles. The lowest BCUT2D eigenvalue weighted by atomic mass is 10.0. The fourth-order valence-corrected chi connectivity index (χ4v) is 5.16. The highest BCUT2D eigenvalue weighted by molar-refractivity contribution is 5.98. The van der Waals surface area contributed by atoms with Crippen LogP contribution < -0.4 is 9.47 Å². The lowest BCUT2D eigenvalue weighted by Gasteiger charge is -2.35. The summed E-state index contributed by atoms with van der Waals surface area (Å²) in [7, 11) is 1.62. The topological polar surface area (TPSA) is 113 Å². The van der Waals surface area contributed by atoms with E-state index >= 15 is 4.39 Å². The fourth-order valence-electron chi connectivity index (χ4n) is 5.16. The summed E-state index contributed by atoms with van der Waals surface area (Å²) in [6.07, 6.45) is 4.19. The van der Waals surface area contributed by atoms with E-state index in [2.05, 4.69) is 9.97 Å². The second kappa shape index (κ2) is 12.1. The van der Waals surface area contributed by atoms with Gasteiger partial charge in [-0.05, 0) is 39.0 Å². The average Bonchev–Trinajstić information content (AvgIpc) is 3.68. The fraction of sp³-hybridized carbons (Fsp3) is 0.375. The molecule has 1 amide bonds. The molecule has 1 aliphatic heterocycles. The normalized spacial score (nSPS) is 17.2. The van der Waals surface area contributed by atoms with Crippen molar-refractivity contribution in [2.45, 2.75) is 45.1 Å². The number of ether oxygens (including phenoxy) is 4. The third kappa shape index (κ3) is 6.16. The Morgan fingerprint density at radius 3 is 2.77 bits per heavy atom. The highest BCUT2D eigenvalue weighted by Gasteiger charge is 2.35. The summed E-state index contributed by atoms with van der Waals surface area (Å²) >= 11 is 0. The summed E-state index contributed by atoms with van der Waals surface area (Å²) in [5, 5.41) is 0.757. The molecule has 4 aromatic heterocycles. The molecule has 0 saturated carbocycles. The number of hydrogen-bond acceptors (Lipinski definition) is 9. The Bertz CT molecular complexity index is 1770. The maximum Gasteiger partial charge on any atom is 0.410 e. The number of carbonyl (C=O) groups is 1. The van der Waals surface area contributed by atoms with Crippen LogP contribution in [0.3, 0.4) is 0 Å². The molecule has 230 valence electrons. The van der Waals surface area contributed by atoms with Gasteiger partial charge in [-0.15, -0.1) is 0 Å². The first-order valence-electron chi connectivity index (χ1n) is 14.4. The largest absolute Gasteiger partial charge is 0.491 e. The number of imidazole rings is 1. The molecule has 1 fully saturated rings. The smallest absolute Gasteiger partial charge is 0.410 e. The molecule has 0 unspecified atom stereocenters. The zero-order valence-corrected chi connectivity index (χ0v) is 25.0. The van der Waals surface area contributed by atoms with E-state index in [-0.39, 0.29) is 6.54 Å². The van der Waals surface area contributed by atoms with Crippen LogP contribution in [-0.4, -0.2) is 81.6 Å². The Labute approximate surface area is 253 Å². The van der Waals surface area contributed by atoms with E-state index in [1.54, 1.807) is 46.3 Å². The summed E-state index contributed by atoms with van der Waals surface area (Å²) in [4.78, 5) is 27.6. The molecular weight excluding hydrogens is 569 g/mol. The molecule has 0 aliphatic carbocycles. The maximum absolute atomic E-state index is 15.4. The predicted molar refractivity (Wildman–Crippen MR) is 161 cm³/mol. The quantitative estimate of drug-likeness (QED) is 0.198. The van der Waals surface area contributed by atoms with Gasteiger partial charge < -0.3 is 28.3 Å². The Balaban J connectivity index is 1.34. The third-order valence-electron chi connectivity index (χ3n) is 7.22. The van der Waals surface area contributed by atoms with Crippen LogP contribution in [-0.2, 0) is 9.47 Å². The van der Waals surface area contributed by atoms with E-state index in [9.17, 15) is 4.79 Å². The predicted octanol–water partition coefficient (Wildman–Crippen LogP) is 5.96. The van der Waals surface area contributed by atoms with Crippen LogP contribution in [0.1, 0.15) is 27.2 Å². The number of amides is 1. The highest BCUT2D eigenvalue weighted by Crippen LogP contribution is 2.37. The van der Waals surface area contributed by atoms with Crippen molar-refractivity contribution in [1.29, 1.82) is 0 Å². The van der Waals surface area contributed by atoms with Crippen molar-refractivity contribution in [2.75, 3.05) is 33.4 Å². The molecule has 12 heteroatoms. The Morgan fingerprint density at radius 2 is 2.02 bits per heavy atom. The first kappa shape index (κ1) is 29.4. The number of halogens is 1. The number of benzene rings is 1. The standard InChI is InChI=1S/C32H34FN5O6/c1-32(2,3)44-31(39)37-10-9-26(23(33)18-37)43-27-7-5-6-21-22(28-17-34-19-42-28)15-24(36-30(21)27)25-16-35-29-14-20(8-11-38(25)29)41-13-12-40-4/h5-8,11,14-17,19,23,26H,9-10,12-13,18H2,1-4H3/t23-,26-/m1/s1. The van der Waals surface area contributed by atoms with Gasteiger partial charge in [-0.1, -0.05) is 12.1 Å². The molecule has 0 N–H and O–H groups in total. The molecule has 2 atom stereocenters. The summed E-state index contributed by atoms with van der Waals surface area (Å²) in [5.41, 5.74) is 2.64. The number of likely N-dealkylation sites (tertiary alicyclic amines) is 1. The van der Waals surface area contributed by atoms with Crippen LogP contribution >= 0.6 is 0 Å². The van der Waals surface area contributed by atoms with Gasteiger partial charge in [0.1, 0.15) is 41.0 Å². The van der Waals surface area contributed by atoms with Crippen LogP contribution in [0.2, 0.25) is 0 Å². The number of aromatic nitrogens is 4. The van der Waals surface area contributed by atoms with Crippen molar-refractivity contribution in [3.63, 3.8) is 0 Å². The van der Waals surface area contributed by atoms with Crippen molar-refractivity contribution >= 4 is 22.6 Å². The van der Waals surface area contributed by atoms with Crippen molar-refractivity contribution in [2.24, 2.45) is 0 Å². The molecule has 5 heterocycles. The van der Waals surface area contributed by atoms with Gasteiger partial charge in [0.05, 0.1) is 36.9 Å². The number of rotatable bonds is 8. The lowest BCUT2D eigenvalue weighted by molar-refractivity contribution is -0.0102. The van der Waals surface area contributed by atoms with Crippen molar-refractivity contribution in [3.8, 4) is 34.2 Å². The number of pyridine rings is 2. The van der Waals surface area contributed by atoms with Gasteiger partial charge in [-0.25, -0.2) is 24.1 Å². The van der Waals surface area contributed by atoms with E-state index in [0.717, 1.165) is 16.6 Å². The molecule has 44 heavy (non-hydrogen) atoms. The Hall–Kier alpha value is -4.71. The molecule has 11 nitrogen and oxygen atoms in total. The maximum atomic E-state index is 15.4. The molecule has 0 radical (unpaired) electrons. The second-order valence-electron chi connectivity index (χ2n) is 11.5. The minimum absolute atomic E-state index is 0.120. The number of oxazole rings is 1. The number of carbonyl (C=O) groups excluding carboxylic acids is 1. The van der Waals surface area contributed by atoms with E-state index in [1.807, 2.05) is 40.9 Å². The second-order valence-corrected chi connectivity index (χ2v) is 11.5. The van der Waals surface area contributed by atoms with Gasteiger partial charge in [0.25, 0.3) is 0 Å². The van der Waals surface area contributed by atoms with E-state index in [0.29, 0.717) is 60.3 Å². The Morgan fingerprint density at radius 1 is 1.16 bits per heavy atom. The van der Waals surface area contributed by atoms with Crippen molar-refractivity contribution < 1.29 is 32.5 Å². The zero-order valence-electron chi connectivity index (χ0n) is 25.0. The SMILES string of the molecule is COCCOc1ccn2c(-c3cc(-c4cnco4)c4cccc(O[C@@H]5CCN(C(=O)OC(C)(C)C)C[C@H]5F)c4n3)cnc2c1. The number of nitrogens with zero attached hydrogens (tertiary/aromatic N) is 5. The van der Waals surface area contributed by atoms with E-state index < -0.39 is 24.0 Å². The van der Waals surface area contributed by atoms with Crippen LogP contribution in [0, 0.1) is 0 Å². The summed E-state index contributed by atoms with van der Waals surface area (Å²) < 4.78 is 45.6. The van der Waals surface area contributed by atoms with Gasteiger partial charge in [0.2, 0.25) is 0 Å². The monoisotopic (exact) mass is 603 g/mol. The van der Waals surface area contributed by atoms with Crippen LogP contribution in [0.5, 0.6) is 11.5 Å². The van der Waals surface area contributed by atoms with Crippen LogP contribution in [0.4, 0.5) is 9.18 Å². The Kier molecular flexibility index (Phi) is 8.09. The van der Waals surface area contributed by atoms with Crippen molar-refractivity contribution in [1.82, 2.24) is 24.3 Å². The number of alkyl halides is 1. The number of fused-ring (bicyclic) bond motifs is 2. The molecule has 5 aromatic rings. The van der Waals surface area contributed by atoms with E-state index in [1.165, 1.54) is 11.3 Å². The number of para-hydroxylation sites is 1. The first-order valence-corrected chi connectivity index (χ1v) is 14.4. The van der Waals surface area contributed by atoms with E-state index in [4.69, 9.17) is 28.3 Å². The molecule has 0 bridgehead atoms. The molecule has 6 rings (SSSR count).